The summed E-state index contributed by atoms with van der Waals surface area (Å²) in [6, 6.07) is 12.2. The Labute approximate surface area is 190 Å². The molecule has 0 atom stereocenters. The molecule has 2 heterocycles. The fourth-order valence-corrected chi connectivity index (χ4v) is 4.15. The quantitative estimate of drug-likeness (QED) is 0.614. The van der Waals surface area contributed by atoms with Crippen LogP contribution in [-0.2, 0) is 9.59 Å². The first-order valence-electron chi connectivity index (χ1n) is 10.5. The third-order valence-corrected chi connectivity index (χ3v) is 6.04. The summed E-state index contributed by atoms with van der Waals surface area (Å²) in [7, 11) is 0. The van der Waals surface area contributed by atoms with Gasteiger partial charge in [-0.1, -0.05) is 41.4 Å². The Morgan fingerprint density at radius 1 is 1.16 bits per heavy atom. The van der Waals surface area contributed by atoms with Crippen molar-refractivity contribution in [3.63, 3.8) is 0 Å². The molecule has 0 spiro atoms. The molecule has 1 aliphatic rings. The molecule has 0 saturated carbocycles. The number of benzene rings is 2. The van der Waals surface area contributed by atoms with E-state index in [9.17, 15) is 14.4 Å². The van der Waals surface area contributed by atoms with E-state index >= 15 is 0 Å². The van der Waals surface area contributed by atoms with Crippen LogP contribution in [-0.4, -0.2) is 36.3 Å². The first-order valence-corrected chi connectivity index (χ1v) is 10.8. The number of halogens is 1. The van der Waals surface area contributed by atoms with Gasteiger partial charge in [0, 0.05) is 10.9 Å². The van der Waals surface area contributed by atoms with E-state index in [1.54, 1.807) is 18.2 Å². The molecule has 0 aliphatic carbocycles. The van der Waals surface area contributed by atoms with E-state index < -0.39 is 0 Å². The normalized spacial score (nSPS) is 15.1. The van der Waals surface area contributed by atoms with Gasteiger partial charge >= 0.3 is 0 Å². The van der Waals surface area contributed by atoms with Gasteiger partial charge in [0.2, 0.25) is 23.1 Å². The number of piperidine rings is 1. The van der Waals surface area contributed by atoms with Crippen LogP contribution < -0.4 is 16.5 Å². The van der Waals surface area contributed by atoms with Crippen molar-refractivity contribution in [2.24, 2.45) is 11.7 Å². The van der Waals surface area contributed by atoms with E-state index in [1.807, 2.05) is 36.1 Å². The van der Waals surface area contributed by atoms with Gasteiger partial charge in [-0.3, -0.25) is 24.6 Å². The van der Waals surface area contributed by atoms with Crippen molar-refractivity contribution in [2.75, 3.05) is 25.0 Å². The molecule has 32 heavy (non-hydrogen) atoms. The second-order valence-electron chi connectivity index (χ2n) is 8.14. The molecule has 3 N–H and O–H groups in total. The molecule has 8 heteroatoms. The number of nitrogens with two attached hydrogens (primary N) is 1. The molecule has 0 radical (unpaired) electrons. The van der Waals surface area contributed by atoms with Crippen molar-refractivity contribution in [3.8, 4) is 11.1 Å². The molecule has 0 bridgehead atoms. The highest BCUT2D eigenvalue weighted by molar-refractivity contribution is 6.31. The Morgan fingerprint density at radius 2 is 1.84 bits per heavy atom. The lowest BCUT2D eigenvalue weighted by atomic mass is 9.96. The van der Waals surface area contributed by atoms with Gasteiger partial charge in [-0.05, 0) is 56.6 Å². The summed E-state index contributed by atoms with van der Waals surface area (Å²) in [5.74, 6) is -0.638. The molecule has 2 aromatic carbocycles. The molecule has 166 valence electrons. The monoisotopic (exact) mass is 453 g/mol. The van der Waals surface area contributed by atoms with Gasteiger partial charge in [-0.15, -0.1) is 0 Å². The van der Waals surface area contributed by atoms with E-state index in [1.165, 1.54) is 0 Å². The fourth-order valence-electron chi connectivity index (χ4n) is 3.98. The predicted molar refractivity (Wildman–Crippen MR) is 125 cm³/mol. The number of anilines is 1. The average Bonchev–Trinajstić information content (AvgIpc) is 2.76. The molecule has 7 nitrogen and oxygen atoms in total. The van der Waals surface area contributed by atoms with Crippen molar-refractivity contribution in [3.05, 3.63) is 63.3 Å². The summed E-state index contributed by atoms with van der Waals surface area (Å²) in [6.45, 7) is 3.29. The standard InChI is InChI=1S/C24H24ClN3O4/c1-14-2-4-15(5-3-14)21-22(30)18-12-17(25)6-7-19(18)32-24(21)27-20(29)13-28-10-8-16(9-11-28)23(26)31/h2-7,12,16H,8-11,13H2,1H3,(H2,26,31)(H,27,29). The van der Waals surface area contributed by atoms with Crippen molar-refractivity contribution < 1.29 is 14.0 Å². The second-order valence-corrected chi connectivity index (χ2v) is 8.58. The highest BCUT2D eigenvalue weighted by Gasteiger charge is 2.25. The summed E-state index contributed by atoms with van der Waals surface area (Å²) in [5.41, 5.74) is 7.42. The number of carbonyl (C=O) groups excluding carboxylic acids is 2. The minimum absolute atomic E-state index is 0.102. The molecule has 1 fully saturated rings. The van der Waals surface area contributed by atoms with Gasteiger partial charge < -0.3 is 10.2 Å². The zero-order chi connectivity index (χ0) is 22.8. The van der Waals surface area contributed by atoms with Gasteiger partial charge in [0.25, 0.3) is 0 Å². The van der Waals surface area contributed by atoms with E-state index in [4.69, 9.17) is 21.8 Å². The Morgan fingerprint density at radius 3 is 2.50 bits per heavy atom. The summed E-state index contributed by atoms with van der Waals surface area (Å²) in [6.07, 6.45) is 1.26. The zero-order valence-corrected chi connectivity index (χ0v) is 18.4. The molecule has 3 aromatic rings. The molecular weight excluding hydrogens is 430 g/mol. The van der Waals surface area contributed by atoms with Crippen LogP contribution in [0.2, 0.25) is 5.02 Å². The lowest BCUT2D eigenvalue weighted by Gasteiger charge is -2.29. The Balaban J connectivity index is 1.64. The lowest BCUT2D eigenvalue weighted by molar-refractivity contribution is -0.123. The highest BCUT2D eigenvalue weighted by Crippen LogP contribution is 2.30. The van der Waals surface area contributed by atoms with Crippen LogP contribution >= 0.6 is 11.6 Å². The van der Waals surface area contributed by atoms with Crippen LogP contribution in [0.3, 0.4) is 0 Å². The van der Waals surface area contributed by atoms with Gasteiger partial charge in [-0.2, -0.15) is 0 Å². The molecule has 2 amide bonds. The molecule has 1 aliphatic heterocycles. The number of hydrogen-bond acceptors (Lipinski definition) is 5. The van der Waals surface area contributed by atoms with Crippen molar-refractivity contribution in [2.45, 2.75) is 19.8 Å². The smallest absolute Gasteiger partial charge is 0.240 e. The maximum Gasteiger partial charge on any atom is 0.240 e. The second kappa shape index (κ2) is 9.14. The molecule has 0 unspecified atom stereocenters. The molecule has 4 rings (SSSR count). The maximum absolute atomic E-state index is 13.3. The summed E-state index contributed by atoms with van der Waals surface area (Å²) >= 11 is 6.09. The van der Waals surface area contributed by atoms with Crippen LogP contribution in [0.5, 0.6) is 0 Å². The number of carbonyl (C=O) groups is 2. The predicted octanol–water partition coefficient (Wildman–Crippen LogP) is 3.56. The fraction of sp³-hybridized carbons (Fsp3) is 0.292. The minimum atomic E-state index is -0.299. The number of primary amides is 1. The van der Waals surface area contributed by atoms with Gasteiger partial charge in [-0.25, -0.2) is 0 Å². The lowest BCUT2D eigenvalue weighted by Crippen LogP contribution is -2.42. The highest BCUT2D eigenvalue weighted by atomic mass is 35.5. The van der Waals surface area contributed by atoms with Crippen LogP contribution in [0.25, 0.3) is 22.1 Å². The van der Waals surface area contributed by atoms with Gasteiger partial charge in [0.05, 0.1) is 17.5 Å². The molecular formula is C24H24ClN3O4. The number of nitrogens with one attached hydrogen (secondary N) is 1. The molecule has 1 aromatic heterocycles. The largest absolute Gasteiger partial charge is 0.439 e. The van der Waals surface area contributed by atoms with Crippen molar-refractivity contribution in [1.82, 2.24) is 4.90 Å². The van der Waals surface area contributed by atoms with E-state index in [2.05, 4.69) is 5.32 Å². The van der Waals surface area contributed by atoms with Crippen molar-refractivity contribution in [1.29, 1.82) is 0 Å². The van der Waals surface area contributed by atoms with Crippen LogP contribution in [0.1, 0.15) is 18.4 Å². The number of amides is 2. The minimum Gasteiger partial charge on any atom is -0.439 e. The summed E-state index contributed by atoms with van der Waals surface area (Å²) in [5, 5.41) is 3.55. The number of hydrogen-bond donors (Lipinski definition) is 2. The Bertz CT molecular complexity index is 1230. The van der Waals surface area contributed by atoms with Crippen LogP contribution in [0.4, 0.5) is 5.88 Å². The summed E-state index contributed by atoms with van der Waals surface area (Å²) in [4.78, 5) is 39.5. The SMILES string of the molecule is Cc1ccc(-c2c(NC(=O)CN3CCC(C(N)=O)CC3)oc3ccc(Cl)cc3c2=O)cc1. The first kappa shape index (κ1) is 22.0. The Kier molecular flexibility index (Phi) is 6.30. The van der Waals surface area contributed by atoms with Crippen molar-refractivity contribution >= 4 is 40.3 Å². The Hall–Kier alpha value is -3.16. The third-order valence-electron chi connectivity index (χ3n) is 5.80. The van der Waals surface area contributed by atoms with E-state index in [0.717, 1.165) is 5.56 Å². The topological polar surface area (TPSA) is 106 Å². The van der Waals surface area contributed by atoms with Crippen LogP contribution in [0, 0.1) is 12.8 Å². The van der Waals surface area contributed by atoms with Crippen LogP contribution in [0.15, 0.2) is 51.7 Å². The number of rotatable bonds is 5. The number of likely N-dealkylation sites (tertiary alicyclic amines) is 1. The van der Waals surface area contributed by atoms with E-state index in [0.29, 0.717) is 47.5 Å². The number of aryl methyl sites for hydroxylation is 1. The van der Waals surface area contributed by atoms with E-state index in [-0.39, 0.29) is 41.2 Å². The maximum atomic E-state index is 13.3. The average molecular weight is 454 g/mol. The first-order chi connectivity index (χ1) is 15.3. The third kappa shape index (κ3) is 4.69. The number of fused-ring (bicyclic) bond motifs is 1. The summed E-state index contributed by atoms with van der Waals surface area (Å²) < 4.78 is 5.95. The van der Waals surface area contributed by atoms with Gasteiger partial charge in [0.15, 0.2) is 0 Å². The number of nitrogens with zero attached hydrogens (tertiary/aromatic N) is 1. The van der Waals surface area contributed by atoms with Gasteiger partial charge in [0.1, 0.15) is 5.58 Å². The zero-order valence-electron chi connectivity index (χ0n) is 17.7. The molecule has 1 saturated heterocycles.